The van der Waals surface area contributed by atoms with Crippen LogP contribution < -0.4 is 4.90 Å². The summed E-state index contributed by atoms with van der Waals surface area (Å²) in [6, 6.07) is 2.35. The highest BCUT2D eigenvalue weighted by Crippen LogP contribution is 2.29. The highest BCUT2D eigenvalue weighted by Gasteiger charge is 2.35. The molecule has 0 saturated carbocycles. The Hall–Kier alpha value is -1.71. The SMILES string of the molecule is CCc1nnc(N2C[C@@H](COC)OC(C)(C)C2)c(C#N)c1CC. The van der Waals surface area contributed by atoms with E-state index in [4.69, 9.17) is 9.47 Å². The van der Waals surface area contributed by atoms with Gasteiger partial charge in [0.2, 0.25) is 0 Å². The lowest BCUT2D eigenvalue weighted by Crippen LogP contribution is -2.54. The van der Waals surface area contributed by atoms with Crippen LogP contribution in [-0.2, 0) is 22.3 Å². The average molecular weight is 318 g/mol. The Morgan fingerprint density at radius 2 is 2.09 bits per heavy atom. The van der Waals surface area contributed by atoms with E-state index in [1.165, 1.54) is 0 Å². The lowest BCUT2D eigenvalue weighted by molar-refractivity contribution is -0.106. The summed E-state index contributed by atoms with van der Waals surface area (Å²) in [5.41, 5.74) is 2.24. The van der Waals surface area contributed by atoms with Crippen LogP contribution in [0.5, 0.6) is 0 Å². The second-order valence-corrected chi connectivity index (χ2v) is 6.48. The number of nitriles is 1. The van der Waals surface area contributed by atoms with Crippen molar-refractivity contribution in [2.45, 2.75) is 52.2 Å². The Kier molecular flexibility index (Phi) is 5.55. The summed E-state index contributed by atoms with van der Waals surface area (Å²) in [6.45, 7) is 10.0. The molecule has 6 heteroatoms. The maximum absolute atomic E-state index is 9.68. The molecule has 2 rings (SSSR count). The zero-order valence-electron chi connectivity index (χ0n) is 14.7. The minimum atomic E-state index is -0.328. The third-order valence-corrected chi connectivity index (χ3v) is 4.07. The zero-order valence-corrected chi connectivity index (χ0v) is 14.7. The average Bonchev–Trinajstić information content (AvgIpc) is 2.51. The predicted octanol–water partition coefficient (Wildman–Crippen LogP) is 2.10. The topological polar surface area (TPSA) is 71.3 Å². The molecule has 0 spiro atoms. The molecule has 0 bridgehead atoms. The fourth-order valence-corrected chi connectivity index (χ4v) is 3.23. The normalized spacial score (nSPS) is 20.3. The van der Waals surface area contributed by atoms with Crippen LogP contribution in [0.3, 0.4) is 0 Å². The molecule has 1 aromatic heterocycles. The van der Waals surface area contributed by atoms with Crippen LogP contribution in [0.2, 0.25) is 0 Å². The molecule has 0 radical (unpaired) electrons. The number of hydrogen-bond acceptors (Lipinski definition) is 6. The molecule has 1 fully saturated rings. The van der Waals surface area contributed by atoms with Gasteiger partial charge in [-0.15, -0.1) is 5.10 Å². The van der Waals surface area contributed by atoms with Crippen LogP contribution in [0.15, 0.2) is 0 Å². The molecular formula is C17H26N4O2. The molecule has 0 aromatic carbocycles. The van der Waals surface area contributed by atoms with Gasteiger partial charge in [0.15, 0.2) is 5.82 Å². The minimum Gasteiger partial charge on any atom is -0.382 e. The van der Waals surface area contributed by atoms with Gasteiger partial charge in [0.25, 0.3) is 0 Å². The number of rotatable bonds is 5. The Balaban J connectivity index is 2.42. The van der Waals surface area contributed by atoms with E-state index in [9.17, 15) is 5.26 Å². The van der Waals surface area contributed by atoms with Gasteiger partial charge in [-0.25, -0.2) is 0 Å². The number of ether oxygens (including phenoxy) is 2. The molecule has 0 aliphatic carbocycles. The van der Waals surface area contributed by atoms with Crippen molar-refractivity contribution >= 4 is 5.82 Å². The van der Waals surface area contributed by atoms with Crippen LogP contribution in [0.1, 0.15) is 44.5 Å². The molecule has 126 valence electrons. The highest BCUT2D eigenvalue weighted by atomic mass is 16.5. The van der Waals surface area contributed by atoms with E-state index in [1.54, 1.807) is 7.11 Å². The van der Waals surface area contributed by atoms with E-state index in [1.807, 2.05) is 20.8 Å². The minimum absolute atomic E-state index is 0.0481. The smallest absolute Gasteiger partial charge is 0.169 e. The molecule has 1 aliphatic rings. The van der Waals surface area contributed by atoms with Gasteiger partial charge < -0.3 is 14.4 Å². The van der Waals surface area contributed by atoms with Gasteiger partial charge in [0, 0.05) is 20.2 Å². The monoisotopic (exact) mass is 318 g/mol. The number of aromatic nitrogens is 2. The number of hydrogen-bond donors (Lipinski definition) is 0. The zero-order chi connectivity index (χ0) is 17.0. The molecule has 1 atom stereocenters. The van der Waals surface area contributed by atoms with Gasteiger partial charge in [-0.1, -0.05) is 13.8 Å². The molecule has 0 N–H and O–H groups in total. The molecule has 0 amide bonds. The quantitative estimate of drug-likeness (QED) is 0.828. The van der Waals surface area contributed by atoms with Crippen molar-refractivity contribution in [3.63, 3.8) is 0 Å². The Morgan fingerprint density at radius 1 is 1.35 bits per heavy atom. The third-order valence-electron chi connectivity index (χ3n) is 4.07. The highest BCUT2D eigenvalue weighted by molar-refractivity contribution is 5.58. The van der Waals surface area contributed by atoms with Crippen molar-refractivity contribution in [2.75, 3.05) is 31.7 Å². The first-order chi connectivity index (χ1) is 11.0. The summed E-state index contributed by atoms with van der Waals surface area (Å²) >= 11 is 0. The van der Waals surface area contributed by atoms with Crippen molar-refractivity contribution < 1.29 is 9.47 Å². The van der Waals surface area contributed by atoms with E-state index in [-0.39, 0.29) is 11.7 Å². The number of morpholine rings is 1. The predicted molar refractivity (Wildman–Crippen MR) is 88.5 cm³/mol. The summed E-state index contributed by atoms with van der Waals surface area (Å²) in [4.78, 5) is 2.11. The largest absolute Gasteiger partial charge is 0.382 e. The van der Waals surface area contributed by atoms with Crippen LogP contribution >= 0.6 is 0 Å². The van der Waals surface area contributed by atoms with Gasteiger partial charge in [-0.2, -0.15) is 10.4 Å². The maximum Gasteiger partial charge on any atom is 0.169 e. The fourth-order valence-electron chi connectivity index (χ4n) is 3.23. The van der Waals surface area contributed by atoms with Crippen LogP contribution in [-0.4, -0.2) is 48.7 Å². The summed E-state index contributed by atoms with van der Waals surface area (Å²) in [6.07, 6.45) is 1.52. The van der Waals surface area contributed by atoms with E-state index >= 15 is 0 Å². The molecule has 1 aromatic rings. The van der Waals surface area contributed by atoms with E-state index in [0.29, 0.717) is 31.1 Å². The number of methoxy groups -OCH3 is 1. The number of aryl methyl sites for hydroxylation is 1. The summed E-state index contributed by atoms with van der Waals surface area (Å²) in [5, 5.41) is 18.4. The molecule has 0 unspecified atom stereocenters. The third kappa shape index (κ3) is 3.80. The first kappa shape index (κ1) is 17.6. The van der Waals surface area contributed by atoms with Crippen molar-refractivity contribution in [2.24, 2.45) is 0 Å². The molecule has 2 heterocycles. The molecule has 1 saturated heterocycles. The van der Waals surface area contributed by atoms with Crippen molar-refractivity contribution in [1.29, 1.82) is 5.26 Å². The second-order valence-electron chi connectivity index (χ2n) is 6.48. The van der Waals surface area contributed by atoms with Crippen molar-refractivity contribution in [3.8, 4) is 6.07 Å². The summed E-state index contributed by atoms with van der Waals surface area (Å²) in [5.74, 6) is 0.666. The van der Waals surface area contributed by atoms with Gasteiger partial charge in [0.05, 0.1) is 24.0 Å². The van der Waals surface area contributed by atoms with Gasteiger partial charge in [-0.3, -0.25) is 0 Å². The standard InChI is InChI=1S/C17H26N4O2/c1-6-13-14(8-18)16(20-19-15(13)7-2)21-9-12(10-22-5)23-17(3,4)11-21/h12H,6-7,9-11H2,1-5H3/t12-/m0/s1. The molecule has 23 heavy (non-hydrogen) atoms. The Labute approximate surface area is 138 Å². The van der Waals surface area contributed by atoms with Gasteiger partial charge in [-0.05, 0) is 32.3 Å². The van der Waals surface area contributed by atoms with Crippen LogP contribution in [0.4, 0.5) is 5.82 Å². The maximum atomic E-state index is 9.68. The van der Waals surface area contributed by atoms with Gasteiger partial charge >= 0.3 is 0 Å². The van der Waals surface area contributed by atoms with E-state index in [2.05, 4.69) is 28.1 Å². The number of nitrogens with zero attached hydrogens (tertiary/aromatic N) is 4. The molecule has 1 aliphatic heterocycles. The Bertz CT molecular complexity index is 595. The summed E-state index contributed by atoms with van der Waals surface area (Å²) in [7, 11) is 1.67. The second kappa shape index (κ2) is 7.24. The van der Waals surface area contributed by atoms with Crippen LogP contribution in [0, 0.1) is 11.3 Å². The summed E-state index contributed by atoms with van der Waals surface area (Å²) < 4.78 is 11.3. The Morgan fingerprint density at radius 3 is 2.65 bits per heavy atom. The number of anilines is 1. The molecule has 6 nitrogen and oxygen atoms in total. The van der Waals surface area contributed by atoms with E-state index < -0.39 is 0 Å². The lowest BCUT2D eigenvalue weighted by atomic mass is 10.0. The van der Waals surface area contributed by atoms with Crippen molar-refractivity contribution in [1.82, 2.24) is 10.2 Å². The lowest BCUT2D eigenvalue weighted by Gasteiger charge is -2.43. The fraction of sp³-hybridized carbons (Fsp3) is 0.706. The van der Waals surface area contributed by atoms with Crippen molar-refractivity contribution in [3.05, 3.63) is 16.8 Å². The van der Waals surface area contributed by atoms with Crippen LogP contribution in [0.25, 0.3) is 0 Å². The van der Waals surface area contributed by atoms with Gasteiger partial charge in [0.1, 0.15) is 11.6 Å². The first-order valence-electron chi connectivity index (χ1n) is 8.16. The first-order valence-corrected chi connectivity index (χ1v) is 8.16. The van der Waals surface area contributed by atoms with E-state index in [0.717, 1.165) is 24.1 Å². The molecular weight excluding hydrogens is 292 g/mol.